The van der Waals surface area contributed by atoms with E-state index in [0.717, 1.165) is 43.9 Å². The topological polar surface area (TPSA) is 227 Å². The Bertz CT molecular complexity index is 1830. The van der Waals surface area contributed by atoms with Gasteiger partial charge in [-0.3, -0.25) is 29.2 Å². The number of hydrogen-bond acceptors (Lipinski definition) is 13. The van der Waals surface area contributed by atoms with E-state index < -0.39 is 58.6 Å². The van der Waals surface area contributed by atoms with Crippen LogP contribution in [0.2, 0.25) is 0 Å². The lowest BCUT2D eigenvalue weighted by Gasteiger charge is -2.27. The van der Waals surface area contributed by atoms with Gasteiger partial charge in [-0.15, -0.1) is 0 Å². The molecule has 1 aromatic carbocycles. The Balaban J connectivity index is 0.000000964. The van der Waals surface area contributed by atoms with Gasteiger partial charge in [0.05, 0.1) is 12.1 Å². The Morgan fingerprint density at radius 2 is 0.709 bits per heavy atom. The smallest absolute Gasteiger partial charge is 0.411 e. The van der Waals surface area contributed by atoms with Crippen LogP contribution < -0.4 is 0 Å². The number of nitrogens with zero attached hydrogens (tertiary/aromatic N) is 4. The fraction of sp³-hybridized carbons (Fsp3) is 0.759. The normalized spacial score (nSPS) is 22.5. The van der Waals surface area contributed by atoms with Crippen molar-refractivity contribution >= 4 is 76.0 Å². The molecule has 0 spiro atoms. The van der Waals surface area contributed by atoms with E-state index in [1.54, 1.807) is 65.2 Å². The molecule has 0 aliphatic carbocycles. The standard InChI is InChI=1S/2C13H23NO3.2C12H21NO4.C7H7Br.CH3FS/c2*1-6-10-7-11(9(2)15)14(8-10)12(16)17-13(3,4)5;2*1-5-8-6-9(10(14)15)13(7-8)11(16)17-12(2,3)4;8-6-7-4-2-1-3-5-7;1-3-2/h2*10-11H,6-8H2,1-5H3;2*8-9H,5-7H2,1-4H3,(H,14,15);1-5H,6H2;1H3/t10?,11-;10-,11-;8?,9-;8-,9-;;/m0000../s1. The number of aliphatic carboxylic acids is 2. The first kappa shape index (κ1) is 74.3. The lowest BCUT2D eigenvalue weighted by Crippen LogP contribution is -2.43. The highest BCUT2D eigenvalue weighted by Crippen LogP contribution is 2.31. The molecule has 0 bridgehead atoms. The molecule has 4 amide bonds. The zero-order valence-corrected chi connectivity index (χ0v) is 53.3. The molecule has 4 heterocycles. The average Bonchev–Trinajstić information content (AvgIpc) is 4.15. The molecule has 0 radical (unpaired) electrons. The Kier molecular flexibility index (Phi) is 32.5. The van der Waals surface area contributed by atoms with Crippen LogP contribution in [0.15, 0.2) is 30.3 Å². The number of Topliss-reactive ketones (excluding diaryl/α,β-unsaturated/α-hetero) is 2. The third-order valence-electron chi connectivity index (χ3n) is 12.9. The summed E-state index contributed by atoms with van der Waals surface area (Å²) in [6.07, 6.45) is 5.90. The molecule has 4 aliphatic heterocycles. The van der Waals surface area contributed by atoms with Crippen LogP contribution in [0, 0.1) is 23.7 Å². The lowest BCUT2D eigenvalue weighted by molar-refractivity contribution is -0.142. The average molecular weight is 1210 g/mol. The molecule has 4 aliphatic rings. The monoisotopic (exact) mass is 1200 g/mol. The first-order valence-electron chi connectivity index (χ1n) is 27.5. The van der Waals surface area contributed by atoms with Crippen LogP contribution in [0.1, 0.15) is 182 Å². The number of carboxylic acid groups (broad SMARTS) is 2. The van der Waals surface area contributed by atoms with Crippen molar-refractivity contribution in [3.05, 3.63) is 35.9 Å². The summed E-state index contributed by atoms with van der Waals surface area (Å²) in [6, 6.07) is 8.21. The van der Waals surface area contributed by atoms with Crippen LogP contribution in [0.5, 0.6) is 0 Å². The molecular formula is C58H98BrFN4O14S. The van der Waals surface area contributed by atoms with Crippen LogP contribution in [0.25, 0.3) is 0 Å². The SMILES string of the molecule is BrCc1ccccc1.CCC1C[C@@H](C(=O)O)N(C(=O)OC(C)(C)C)C1.CCC1C[C@@H](C(C)=O)N(C(=O)OC(C)(C)C)C1.CC[C@H]1C[C@@H](C(=O)O)N(C(=O)OC(C)(C)C)C1.CC[C@H]1C[C@@H](C(C)=O)N(C(=O)OC(C)(C)C)C1.CSF. The van der Waals surface area contributed by atoms with Gasteiger partial charge in [-0.2, -0.15) is 3.89 Å². The lowest BCUT2D eigenvalue weighted by atomic mass is 10.0. The zero-order chi connectivity index (χ0) is 61.4. The first-order chi connectivity index (χ1) is 36.3. The maximum absolute atomic E-state index is 12.0. The van der Waals surface area contributed by atoms with E-state index in [0.29, 0.717) is 50.9 Å². The Morgan fingerprint density at radius 1 is 0.494 bits per heavy atom. The van der Waals surface area contributed by atoms with Crippen molar-refractivity contribution in [1.82, 2.24) is 19.6 Å². The molecule has 0 saturated carbocycles. The second-order valence-electron chi connectivity index (χ2n) is 24.3. The number of amides is 4. The Morgan fingerprint density at radius 3 is 0.873 bits per heavy atom. The second kappa shape index (κ2) is 34.6. The predicted molar refractivity (Wildman–Crippen MR) is 311 cm³/mol. The number of ether oxygens (including phenoxy) is 4. The molecule has 79 heavy (non-hydrogen) atoms. The van der Waals surface area contributed by atoms with Crippen LogP contribution in [-0.2, 0) is 43.5 Å². The minimum atomic E-state index is -0.952. The van der Waals surface area contributed by atoms with E-state index >= 15 is 0 Å². The summed E-state index contributed by atoms with van der Waals surface area (Å²) in [4.78, 5) is 98.8. The van der Waals surface area contributed by atoms with Crippen molar-refractivity contribution < 1.29 is 71.4 Å². The summed E-state index contributed by atoms with van der Waals surface area (Å²) in [7, 11) is 0. The molecule has 21 heteroatoms. The van der Waals surface area contributed by atoms with Crippen molar-refractivity contribution in [3.63, 3.8) is 0 Å². The molecule has 2 N–H and O–H groups in total. The Labute approximate surface area is 484 Å². The van der Waals surface area contributed by atoms with Gasteiger partial charge in [0.15, 0.2) is 11.6 Å². The van der Waals surface area contributed by atoms with Crippen molar-refractivity contribution in [2.24, 2.45) is 23.7 Å². The fourth-order valence-corrected chi connectivity index (χ4v) is 9.14. The largest absolute Gasteiger partial charge is 0.480 e. The summed E-state index contributed by atoms with van der Waals surface area (Å²) in [5.41, 5.74) is -0.882. The number of alkyl halides is 1. The van der Waals surface area contributed by atoms with Gasteiger partial charge in [0, 0.05) is 49.9 Å². The summed E-state index contributed by atoms with van der Waals surface area (Å²) in [6.45, 7) is 35.1. The molecule has 454 valence electrons. The molecule has 4 saturated heterocycles. The number of halogens is 2. The molecule has 5 rings (SSSR count). The van der Waals surface area contributed by atoms with Gasteiger partial charge >= 0.3 is 36.3 Å². The predicted octanol–water partition coefficient (Wildman–Crippen LogP) is 13.3. The highest BCUT2D eigenvalue weighted by Gasteiger charge is 2.43. The summed E-state index contributed by atoms with van der Waals surface area (Å²) >= 11 is 3.61. The highest BCUT2D eigenvalue weighted by atomic mass is 79.9. The van der Waals surface area contributed by atoms with Gasteiger partial charge in [0.2, 0.25) is 0 Å². The van der Waals surface area contributed by atoms with Crippen LogP contribution in [0.3, 0.4) is 0 Å². The number of ketones is 2. The van der Waals surface area contributed by atoms with Gasteiger partial charge in [-0.25, -0.2) is 28.8 Å². The number of hydrogen-bond donors (Lipinski definition) is 2. The molecule has 4 fully saturated rings. The van der Waals surface area contributed by atoms with E-state index in [1.807, 2.05) is 73.6 Å². The van der Waals surface area contributed by atoms with E-state index in [9.17, 15) is 42.2 Å². The van der Waals surface area contributed by atoms with Crippen LogP contribution >= 0.6 is 28.1 Å². The van der Waals surface area contributed by atoms with Gasteiger partial charge in [-0.05, 0) is 152 Å². The molecule has 2 unspecified atom stereocenters. The number of likely N-dealkylation sites (tertiary alicyclic amines) is 4. The number of benzene rings is 1. The molecule has 8 atom stereocenters. The maximum atomic E-state index is 12.0. The van der Waals surface area contributed by atoms with Gasteiger partial charge in [0.1, 0.15) is 34.5 Å². The third kappa shape index (κ3) is 29.1. The van der Waals surface area contributed by atoms with E-state index in [1.165, 1.54) is 21.6 Å². The van der Waals surface area contributed by atoms with Crippen LogP contribution in [-0.4, -0.2) is 157 Å². The van der Waals surface area contributed by atoms with Crippen molar-refractivity contribution in [2.75, 3.05) is 32.4 Å². The maximum Gasteiger partial charge on any atom is 0.411 e. The van der Waals surface area contributed by atoms with E-state index in [-0.39, 0.29) is 59.8 Å². The van der Waals surface area contributed by atoms with Gasteiger partial charge in [0.25, 0.3) is 0 Å². The Hall–Kier alpha value is -4.66. The number of carbonyl (C=O) groups is 8. The van der Waals surface area contributed by atoms with Crippen LogP contribution in [0.4, 0.5) is 23.1 Å². The zero-order valence-electron chi connectivity index (χ0n) is 50.9. The van der Waals surface area contributed by atoms with Crippen molar-refractivity contribution in [2.45, 2.75) is 228 Å². The summed E-state index contributed by atoms with van der Waals surface area (Å²) in [5.74, 6) is -0.475. The van der Waals surface area contributed by atoms with Gasteiger partial charge in [-0.1, -0.05) is 99.6 Å². The number of carbonyl (C=O) groups excluding carboxylic acids is 6. The molecule has 18 nitrogen and oxygen atoms in total. The first-order valence-corrected chi connectivity index (χ1v) is 29.8. The summed E-state index contributed by atoms with van der Waals surface area (Å²) in [5, 5.41) is 19.1. The highest BCUT2D eigenvalue weighted by molar-refractivity contribution is 9.08. The fourth-order valence-electron chi connectivity index (χ4n) is 8.77. The minimum Gasteiger partial charge on any atom is -0.480 e. The molecular weight excluding hydrogens is 1110 g/mol. The number of carboxylic acids is 2. The van der Waals surface area contributed by atoms with Crippen molar-refractivity contribution in [3.8, 4) is 0 Å². The summed E-state index contributed by atoms with van der Waals surface area (Å²) < 4.78 is 31.3. The van der Waals surface area contributed by atoms with Gasteiger partial charge < -0.3 is 29.2 Å². The van der Waals surface area contributed by atoms with Crippen molar-refractivity contribution in [1.29, 1.82) is 0 Å². The third-order valence-corrected chi connectivity index (χ3v) is 13.5. The van der Waals surface area contributed by atoms with E-state index in [2.05, 4.69) is 41.9 Å². The molecule has 0 aromatic heterocycles. The second-order valence-corrected chi connectivity index (χ2v) is 25.2. The number of rotatable bonds is 9. The minimum absolute atomic E-state index is 0.0480. The quantitative estimate of drug-likeness (QED) is 0.173. The molecule has 1 aromatic rings. The van der Waals surface area contributed by atoms with E-state index in [4.69, 9.17) is 29.2 Å².